The van der Waals surface area contributed by atoms with Crippen molar-refractivity contribution in [2.75, 3.05) is 0 Å². The molecule has 11 aromatic rings. The van der Waals surface area contributed by atoms with E-state index in [1.807, 2.05) is 24.8 Å². The molecule has 3 aromatic heterocycles. The normalized spacial score (nSPS) is 12.1. The van der Waals surface area contributed by atoms with Crippen LogP contribution in [0.2, 0.25) is 0 Å². The zero-order chi connectivity index (χ0) is 42.3. The number of hydrogen-bond acceptors (Lipinski definition) is 3. The van der Waals surface area contributed by atoms with E-state index in [4.69, 9.17) is 4.98 Å². The maximum Gasteiger partial charge on any atom is 0.145 e. The van der Waals surface area contributed by atoms with Crippen LogP contribution in [0.5, 0.6) is 0 Å². The van der Waals surface area contributed by atoms with Crippen LogP contribution in [0.3, 0.4) is 0 Å². The van der Waals surface area contributed by atoms with Crippen LogP contribution in [0.15, 0.2) is 207 Å². The number of para-hydroxylation sites is 2. The van der Waals surface area contributed by atoms with Crippen LogP contribution in [0.25, 0.3) is 116 Å². The first-order chi connectivity index (χ1) is 31.2. The zero-order valence-electron chi connectivity index (χ0n) is 35.3. The third-order valence-electron chi connectivity index (χ3n) is 12.3. The van der Waals surface area contributed by atoms with E-state index in [0.717, 1.165) is 57.7 Å². The zero-order valence-corrected chi connectivity index (χ0v) is 35.3. The summed E-state index contributed by atoms with van der Waals surface area (Å²) in [6.07, 6.45) is 16.2. The van der Waals surface area contributed by atoms with E-state index < -0.39 is 0 Å². The molecule has 0 N–H and O–H groups in total. The summed E-state index contributed by atoms with van der Waals surface area (Å²) in [5.41, 5.74) is 13.8. The van der Waals surface area contributed by atoms with Crippen molar-refractivity contribution in [3.63, 3.8) is 0 Å². The Morgan fingerprint density at radius 2 is 0.905 bits per heavy atom. The van der Waals surface area contributed by atoms with Crippen molar-refractivity contribution >= 4 is 59.8 Å². The van der Waals surface area contributed by atoms with Crippen LogP contribution >= 0.6 is 0 Å². The Labute approximate surface area is 367 Å². The molecule has 0 aliphatic heterocycles. The molecule has 8 aromatic carbocycles. The molecule has 0 saturated heterocycles. The van der Waals surface area contributed by atoms with E-state index in [0.29, 0.717) is 0 Å². The van der Waals surface area contributed by atoms with Crippen molar-refractivity contribution in [2.24, 2.45) is 0 Å². The van der Waals surface area contributed by atoms with Gasteiger partial charge < -0.3 is 0 Å². The minimum atomic E-state index is 0.921. The number of imidazole rings is 1. The quantitative estimate of drug-likeness (QED) is 0.108. The molecule has 3 heterocycles. The second kappa shape index (κ2) is 16.2. The van der Waals surface area contributed by atoms with Crippen LogP contribution in [0.1, 0.15) is 26.7 Å². The molecule has 0 saturated carbocycles. The van der Waals surface area contributed by atoms with Gasteiger partial charge in [-0.05, 0) is 155 Å². The lowest BCUT2D eigenvalue weighted by molar-refractivity contribution is 1.11. The number of aromatic nitrogens is 4. The maximum atomic E-state index is 5.29. The summed E-state index contributed by atoms with van der Waals surface area (Å²) in [4.78, 5) is 14.1. The first kappa shape index (κ1) is 38.0. The molecule has 300 valence electrons. The van der Waals surface area contributed by atoms with Crippen molar-refractivity contribution in [1.82, 2.24) is 19.5 Å². The van der Waals surface area contributed by atoms with Crippen LogP contribution in [0, 0.1) is 0 Å². The highest BCUT2D eigenvalue weighted by molar-refractivity contribution is 6.25. The molecule has 4 nitrogen and oxygen atoms in total. The summed E-state index contributed by atoms with van der Waals surface area (Å²) in [5, 5.41) is 9.65. The van der Waals surface area contributed by atoms with Gasteiger partial charge in [-0.2, -0.15) is 0 Å². The summed E-state index contributed by atoms with van der Waals surface area (Å²) in [6.45, 7) is 4.37. The first-order valence-electron chi connectivity index (χ1n) is 21.9. The molecule has 0 amide bonds. The number of rotatable bonds is 9. The number of allylic oxidation sites excluding steroid dienone is 4. The summed E-state index contributed by atoms with van der Waals surface area (Å²) in [7, 11) is 0. The number of benzene rings is 8. The van der Waals surface area contributed by atoms with Gasteiger partial charge in [0.1, 0.15) is 5.82 Å². The largest absolute Gasteiger partial charge is 0.293 e. The Hall–Kier alpha value is -7.95. The summed E-state index contributed by atoms with van der Waals surface area (Å²) < 4.78 is 2.33. The van der Waals surface area contributed by atoms with Gasteiger partial charge in [-0.1, -0.05) is 141 Å². The van der Waals surface area contributed by atoms with Crippen LogP contribution in [0.4, 0.5) is 0 Å². The van der Waals surface area contributed by atoms with Crippen molar-refractivity contribution in [3.8, 4) is 55.9 Å². The third kappa shape index (κ3) is 6.50. The molecule has 0 spiro atoms. The molecular formula is C59H44N4. The SMILES string of the molecule is CC/C=C\C(=C/CC)n1c(-c2cccc(-c3c4ccccc4c(-c4ccc5c(-c6ccncc6)c6ccccc6c(-c6ccncc6)c5c4)c4ccccc34)c2)nc2ccccc21. The van der Waals surface area contributed by atoms with Gasteiger partial charge in [0.25, 0.3) is 0 Å². The predicted octanol–water partition coefficient (Wildman–Crippen LogP) is 16.0. The standard InChI is InChI=1S/C59H44N4/c1-3-5-18-44(15-4-2)63-54-26-13-12-25-53(54)62-59(63)43-17-14-16-41(37-43)57-47-21-8-10-23-49(47)58(50-24-11-9-22-48(50)57)42-27-28-51-52(38-42)56(40-31-35-61-36-32-40)46-20-7-6-19-45(46)55(51)39-29-33-60-34-30-39/h5-38H,3-4H2,1-2H3/b18-5-,44-15+. The fraction of sp³-hybridized carbons (Fsp3) is 0.0678. The van der Waals surface area contributed by atoms with Gasteiger partial charge >= 0.3 is 0 Å². The lowest BCUT2D eigenvalue weighted by atomic mass is 9.83. The second-order valence-electron chi connectivity index (χ2n) is 16.1. The highest BCUT2D eigenvalue weighted by Gasteiger charge is 2.22. The van der Waals surface area contributed by atoms with E-state index in [1.54, 1.807) is 0 Å². The Morgan fingerprint density at radius 3 is 1.46 bits per heavy atom. The molecule has 0 aliphatic carbocycles. The minimum absolute atomic E-state index is 0.921. The molecule has 0 fully saturated rings. The summed E-state index contributed by atoms with van der Waals surface area (Å²) in [6, 6.07) is 59.7. The minimum Gasteiger partial charge on any atom is -0.293 e. The average Bonchev–Trinajstić information content (AvgIpc) is 3.74. The van der Waals surface area contributed by atoms with Crippen LogP contribution < -0.4 is 0 Å². The van der Waals surface area contributed by atoms with Gasteiger partial charge in [-0.3, -0.25) is 14.5 Å². The second-order valence-corrected chi connectivity index (χ2v) is 16.1. The first-order valence-corrected chi connectivity index (χ1v) is 21.9. The van der Waals surface area contributed by atoms with Gasteiger partial charge in [0, 0.05) is 36.0 Å². The molecule has 11 rings (SSSR count). The molecular weight excluding hydrogens is 765 g/mol. The smallest absolute Gasteiger partial charge is 0.145 e. The van der Waals surface area contributed by atoms with E-state index in [1.165, 1.54) is 70.9 Å². The Bertz CT molecular complexity index is 3520. The predicted molar refractivity (Wildman–Crippen MR) is 267 cm³/mol. The third-order valence-corrected chi connectivity index (χ3v) is 12.3. The highest BCUT2D eigenvalue weighted by atomic mass is 15.1. The van der Waals surface area contributed by atoms with Crippen LogP contribution in [-0.4, -0.2) is 19.5 Å². The van der Waals surface area contributed by atoms with Gasteiger partial charge in [0.2, 0.25) is 0 Å². The van der Waals surface area contributed by atoms with E-state index >= 15 is 0 Å². The van der Waals surface area contributed by atoms with Crippen LogP contribution in [-0.2, 0) is 0 Å². The van der Waals surface area contributed by atoms with E-state index in [2.05, 4.69) is 210 Å². The molecule has 0 bridgehead atoms. The van der Waals surface area contributed by atoms with Gasteiger partial charge in [0.05, 0.1) is 11.0 Å². The summed E-state index contributed by atoms with van der Waals surface area (Å²) >= 11 is 0. The van der Waals surface area contributed by atoms with Gasteiger partial charge in [-0.25, -0.2) is 4.98 Å². The van der Waals surface area contributed by atoms with Crippen molar-refractivity contribution in [3.05, 3.63) is 207 Å². The number of hydrogen-bond donors (Lipinski definition) is 0. The van der Waals surface area contributed by atoms with E-state index in [-0.39, 0.29) is 0 Å². The van der Waals surface area contributed by atoms with Gasteiger partial charge in [0.15, 0.2) is 0 Å². The molecule has 0 aliphatic rings. The Kier molecular flexibility index (Phi) is 9.74. The van der Waals surface area contributed by atoms with Gasteiger partial charge in [-0.15, -0.1) is 0 Å². The molecule has 0 atom stereocenters. The Balaban J connectivity index is 1.17. The fourth-order valence-corrected chi connectivity index (χ4v) is 9.72. The lowest BCUT2D eigenvalue weighted by Crippen LogP contribution is -1.99. The highest BCUT2D eigenvalue weighted by Crippen LogP contribution is 2.48. The van der Waals surface area contributed by atoms with Crippen molar-refractivity contribution in [1.29, 1.82) is 0 Å². The molecule has 0 radical (unpaired) electrons. The molecule has 63 heavy (non-hydrogen) atoms. The lowest BCUT2D eigenvalue weighted by Gasteiger charge is -2.21. The number of nitrogens with zero attached hydrogens (tertiary/aromatic N) is 4. The fourth-order valence-electron chi connectivity index (χ4n) is 9.72. The van der Waals surface area contributed by atoms with E-state index in [9.17, 15) is 0 Å². The van der Waals surface area contributed by atoms with Crippen molar-refractivity contribution < 1.29 is 0 Å². The number of pyridine rings is 2. The maximum absolute atomic E-state index is 5.29. The Morgan fingerprint density at radius 1 is 0.429 bits per heavy atom. The number of fused-ring (bicyclic) bond motifs is 5. The van der Waals surface area contributed by atoms with Crippen molar-refractivity contribution in [2.45, 2.75) is 26.7 Å². The monoisotopic (exact) mass is 808 g/mol. The molecule has 0 unspecified atom stereocenters. The molecule has 4 heteroatoms. The summed E-state index contributed by atoms with van der Waals surface area (Å²) in [5.74, 6) is 0.934. The average molecular weight is 809 g/mol. The topological polar surface area (TPSA) is 43.6 Å².